The van der Waals surface area contributed by atoms with Gasteiger partial charge in [-0.05, 0) is 12.8 Å². The number of carbonyl (C=O) groups excluding carboxylic acids is 2. The second-order valence-corrected chi connectivity index (χ2v) is 8.07. The van der Waals surface area contributed by atoms with E-state index in [0.29, 0.717) is 41.3 Å². The van der Waals surface area contributed by atoms with Crippen molar-refractivity contribution in [3.63, 3.8) is 0 Å². The maximum absolute atomic E-state index is 12.4. The molecule has 0 aliphatic carbocycles. The molecule has 1 aromatic rings. The molecule has 0 saturated carbocycles. The fraction of sp³-hybridized carbons (Fsp3) is 0.692. The van der Waals surface area contributed by atoms with Gasteiger partial charge in [-0.1, -0.05) is 23.1 Å². The SMILES string of the molecule is CN1C[C@@]2(CCCN(C(=O)CSc3nnc(N)s3)CC2)OC1=O. The number of nitrogen functional groups attached to an aromatic ring is 1. The van der Waals surface area contributed by atoms with Crippen molar-refractivity contribution in [2.75, 3.05) is 38.2 Å². The van der Waals surface area contributed by atoms with Gasteiger partial charge in [-0.2, -0.15) is 0 Å². The van der Waals surface area contributed by atoms with Gasteiger partial charge >= 0.3 is 6.09 Å². The molecule has 1 atom stereocenters. The third-order valence-corrected chi connectivity index (χ3v) is 6.00. The van der Waals surface area contributed by atoms with Gasteiger partial charge in [0.15, 0.2) is 4.34 Å². The summed E-state index contributed by atoms with van der Waals surface area (Å²) in [7, 11) is 1.75. The smallest absolute Gasteiger partial charge is 0.410 e. The van der Waals surface area contributed by atoms with Gasteiger partial charge in [-0.25, -0.2) is 4.79 Å². The maximum atomic E-state index is 12.4. The van der Waals surface area contributed by atoms with Crippen molar-refractivity contribution in [1.82, 2.24) is 20.0 Å². The Morgan fingerprint density at radius 3 is 2.91 bits per heavy atom. The van der Waals surface area contributed by atoms with Gasteiger partial charge in [0.25, 0.3) is 0 Å². The molecule has 2 amide bonds. The molecule has 0 unspecified atom stereocenters. The summed E-state index contributed by atoms with van der Waals surface area (Å²) in [5.74, 6) is 0.389. The maximum Gasteiger partial charge on any atom is 0.410 e. The molecular formula is C13H19N5O3S2. The molecule has 2 aliphatic rings. The lowest BCUT2D eigenvalue weighted by atomic mass is 9.95. The average Bonchev–Trinajstić information content (AvgIpc) is 2.96. The number of rotatable bonds is 3. The fourth-order valence-electron chi connectivity index (χ4n) is 2.96. The average molecular weight is 357 g/mol. The monoisotopic (exact) mass is 357 g/mol. The lowest BCUT2D eigenvalue weighted by Gasteiger charge is -2.25. The Morgan fingerprint density at radius 1 is 1.43 bits per heavy atom. The van der Waals surface area contributed by atoms with Gasteiger partial charge in [-0.15, -0.1) is 10.2 Å². The highest BCUT2D eigenvalue weighted by Gasteiger charge is 2.44. The zero-order valence-electron chi connectivity index (χ0n) is 12.9. The Balaban J connectivity index is 1.53. The summed E-state index contributed by atoms with van der Waals surface area (Å²) in [5.41, 5.74) is 5.10. The van der Waals surface area contributed by atoms with E-state index in [1.54, 1.807) is 11.9 Å². The number of anilines is 1. The van der Waals surface area contributed by atoms with Crippen LogP contribution in [0.3, 0.4) is 0 Å². The minimum atomic E-state index is -0.429. The number of aromatic nitrogens is 2. The molecule has 0 radical (unpaired) electrons. The second kappa shape index (κ2) is 6.52. The summed E-state index contributed by atoms with van der Waals surface area (Å²) in [6.07, 6.45) is 2.05. The largest absolute Gasteiger partial charge is 0.441 e. The number of hydrogen-bond donors (Lipinski definition) is 1. The number of likely N-dealkylation sites (tertiary alicyclic amines) is 1. The Bertz CT molecular complexity index is 610. The number of hydrogen-bond acceptors (Lipinski definition) is 8. The van der Waals surface area contributed by atoms with Gasteiger partial charge < -0.3 is 20.3 Å². The van der Waals surface area contributed by atoms with Crippen LogP contribution in [0, 0.1) is 0 Å². The summed E-state index contributed by atoms with van der Waals surface area (Å²) in [6, 6.07) is 0. The van der Waals surface area contributed by atoms with Gasteiger partial charge in [0.2, 0.25) is 11.0 Å². The van der Waals surface area contributed by atoms with Crippen molar-refractivity contribution >= 4 is 40.2 Å². The minimum Gasteiger partial charge on any atom is -0.441 e. The molecule has 1 aromatic heterocycles. The molecule has 2 N–H and O–H groups in total. The third kappa shape index (κ3) is 3.69. The summed E-state index contributed by atoms with van der Waals surface area (Å²) in [5, 5.41) is 8.04. The summed E-state index contributed by atoms with van der Waals surface area (Å²) >= 11 is 2.64. The molecule has 1 spiro atoms. The van der Waals surface area contributed by atoms with Crippen LogP contribution in [0.1, 0.15) is 19.3 Å². The fourth-order valence-corrected chi connectivity index (χ4v) is 4.50. The van der Waals surface area contributed by atoms with Crippen LogP contribution < -0.4 is 5.73 Å². The number of amides is 2. The number of carbonyl (C=O) groups is 2. The van der Waals surface area contributed by atoms with Gasteiger partial charge in [0, 0.05) is 26.6 Å². The summed E-state index contributed by atoms with van der Waals surface area (Å²) in [6.45, 7) is 1.91. The Labute approximate surface area is 142 Å². The quantitative estimate of drug-likeness (QED) is 0.807. The van der Waals surface area contributed by atoms with E-state index in [1.165, 1.54) is 23.1 Å². The lowest BCUT2D eigenvalue weighted by molar-refractivity contribution is -0.128. The first-order chi connectivity index (χ1) is 11.0. The van der Waals surface area contributed by atoms with Crippen LogP contribution >= 0.6 is 23.1 Å². The van der Waals surface area contributed by atoms with Crippen LogP contribution in [0.2, 0.25) is 0 Å². The number of nitrogens with zero attached hydrogens (tertiary/aromatic N) is 4. The van der Waals surface area contributed by atoms with Crippen molar-refractivity contribution in [3.05, 3.63) is 0 Å². The van der Waals surface area contributed by atoms with Crippen molar-refractivity contribution < 1.29 is 14.3 Å². The summed E-state index contributed by atoms with van der Waals surface area (Å²) < 4.78 is 6.26. The van der Waals surface area contributed by atoms with Crippen LogP contribution in [-0.4, -0.2) is 70.0 Å². The molecule has 126 valence electrons. The first kappa shape index (κ1) is 16.3. The number of nitrogens with two attached hydrogens (primary N) is 1. The lowest BCUT2D eigenvalue weighted by Crippen LogP contribution is -2.37. The van der Waals surface area contributed by atoms with E-state index in [2.05, 4.69) is 10.2 Å². The van der Waals surface area contributed by atoms with Crippen LogP contribution in [0.25, 0.3) is 0 Å². The first-order valence-corrected chi connectivity index (χ1v) is 9.21. The van der Waals surface area contributed by atoms with Gasteiger partial charge in [0.05, 0.1) is 12.3 Å². The molecule has 2 fully saturated rings. The van der Waals surface area contributed by atoms with Crippen LogP contribution in [0.4, 0.5) is 9.93 Å². The summed E-state index contributed by atoms with van der Waals surface area (Å²) in [4.78, 5) is 27.5. The van der Waals surface area contributed by atoms with Crippen molar-refractivity contribution in [1.29, 1.82) is 0 Å². The van der Waals surface area contributed by atoms with Crippen LogP contribution in [-0.2, 0) is 9.53 Å². The molecule has 2 saturated heterocycles. The number of thioether (sulfide) groups is 1. The van der Waals surface area contributed by atoms with E-state index < -0.39 is 5.60 Å². The van der Waals surface area contributed by atoms with E-state index in [4.69, 9.17) is 10.5 Å². The van der Waals surface area contributed by atoms with E-state index in [0.717, 1.165) is 12.8 Å². The van der Waals surface area contributed by atoms with E-state index >= 15 is 0 Å². The standard InChI is InChI=1S/C13H19N5O3S2/c1-17-8-13(21-12(17)20)3-2-5-18(6-4-13)9(19)7-22-11-16-15-10(14)23-11/h2-8H2,1H3,(H2,14,15)/t13-/m0/s1. The number of ether oxygens (including phenoxy) is 1. The zero-order valence-corrected chi connectivity index (χ0v) is 14.5. The topological polar surface area (TPSA) is 102 Å². The highest BCUT2D eigenvalue weighted by molar-refractivity contribution is 8.01. The van der Waals surface area contributed by atoms with Crippen LogP contribution in [0.15, 0.2) is 4.34 Å². The van der Waals surface area contributed by atoms with E-state index in [1.807, 2.05) is 4.90 Å². The third-order valence-electron chi connectivity index (χ3n) is 4.13. The Kier molecular flexibility index (Phi) is 4.62. The van der Waals surface area contributed by atoms with Crippen molar-refractivity contribution in [2.24, 2.45) is 0 Å². The highest BCUT2D eigenvalue weighted by Crippen LogP contribution is 2.33. The zero-order chi connectivity index (χ0) is 16.4. The van der Waals surface area contributed by atoms with Crippen LogP contribution in [0.5, 0.6) is 0 Å². The first-order valence-electron chi connectivity index (χ1n) is 7.41. The van der Waals surface area contributed by atoms with Crippen molar-refractivity contribution in [3.8, 4) is 0 Å². The molecule has 3 heterocycles. The van der Waals surface area contributed by atoms with Crippen molar-refractivity contribution in [2.45, 2.75) is 29.2 Å². The molecule has 2 aliphatic heterocycles. The molecule has 0 aromatic carbocycles. The molecule has 3 rings (SSSR count). The molecule has 0 bridgehead atoms. The Morgan fingerprint density at radius 2 is 2.26 bits per heavy atom. The molecule has 8 nitrogen and oxygen atoms in total. The second-order valence-electron chi connectivity index (χ2n) is 5.84. The van der Waals surface area contributed by atoms with E-state index in [9.17, 15) is 9.59 Å². The molecule has 10 heteroatoms. The minimum absolute atomic E-state index is 0.0681. The van der Waals surface area contributed by atoms with E-state index in [-0.39, 0.29) is 12.0 Å². The Hall–Kier alpha value is -1.55. The van der Waals surface area contributed by atoms with Gasteiger partial charge in [-0.3, -0.25) is 4.79 Å². The number of likely N-dealkylation sites (N-methyl/N-ethyl adjacent to an activating group) is 1. The predicted octanol–water partition coefficient (Wildman–Crippen LogP) is 1.05. The normalized spacial score (nSPS) is 24.8. The molecule has 23 heavy (non-hydrogen) atoms. The van der Waals surface area contributed by atoms with Gasteiger partial charge in [0.1, 0.15) is 5.60 Å². The molecular weight excluding hydrogens is 338 g/mol. The predicted molar refractivity (Wildman–Crippen MR) is 87.3 cm³/mol. The highest BCUT2D eigenvalue weighted by atomic mass is 32.2.